The minimum Gasteiger partial charge on any atom is -0.387 e. The summed E-state index contributed by atoms with van der Waals surface area (Å²) in [7, 11) is 0. The molecule has 0 unspecified atom stereocenters. The Morgan fingerprint density at radius 3 is 2.65 bits per heavy atom. The van der Waals surface area contributed by atoms with Gasteiger partial charge in [0, 0.05) is 30.3 Å². The molecule has 1 aromatic heterocycles. The van der Waals surface area contributed by atoms with Gasteiger partial charge in [0.2, 0.25) is 5.54 Å². The van der Waals surface area contributed by atoms with Gasteiger partial charge in [0.25, 0.3) is 18.3 Å². The molecule has 0 fully saturated rings. The Balaban J connectivity index is 2.05. The van der Waals surface area contributed by atoms with Gasteiger partial charge in [-0.05, 0) is 36.8 Å². The molecule has 6 nitrogen and oxygen atoms in total. The number of rotatable bonds is 4. The lowest BCUT2D eigenvalue weighted by Gasteiger charge is -2.40. The molecule has 1 atom stereocenters. The first-order valence-corrected chi connectivity index (χ1v) is 9.00. The standard InChI is InChI=1S/C20H16F5N5O/c1-10-6-11(8-26)9-28-16(10)17(31)29-12-2-3-14(21)13(7-12)20(18(22)23)19(24,25)5-4-15(27)30-20/h2-3,6-7,9,18H,4-5H2,1H3,(H2,27,30)(H,29,31)/t20-/m0/s1. The van der Waals surface area contributed by atoms with Gasteiger partial charge >= 0.3 is 0 Å². The van der Waals surface area contributed by atoms with Crippen molar-refractivity contribution in [3.05, 3.63) is 58.7 Å². The maximum Gasteiger partial charge on any atom is 0.283 e. The van der Waals surface area contributed by atoms with Crippen LogP contribution in [-0.2, 0) is 5.54 Å². The van der Waals surface area contributed by atoms with Crippen molar-refractivity contribution in [1.29, 1.82) is 5.26 Å². The van der Waals surface area contributed by atoms with Crippen LogP contribution >= 0.6 is 0 Å². The fraction of sp³-hybridized carbons (Fsp3) is 0.300. The molecule has 1 aliphatic rings. The van der Waals surface area contributed by atoms with Crippen LogP contribution < -0.4 is 11.1 Å². The highest BCUT2D eigenvalue weighted by atomic mass is 19.3. The van der Waals surface area contributed by atoms with Crippen molar-refractivity contribution in [2.75, 3.05) is 5.32 Å². The Morgan fingerprint density at radius 2 is 2.03 bits per heavy atom. The number of aryl methyl sites for hydroxylation is 1. The van der Waals surface area contributed by atoms with E-state index in [4.69, 9.17) is 11.0 Å². The number of carbonyl (C=O) groups is 1. The van der Waals surface area contributed by atoms with Gasteiger partial charge in [-0.15, -0.1) is 0 Å². The van der Waals surface area contributed by atoms with Crippen LogP contribution in [0.1, 0.15) is 40.0 Å². The molecule has 0 radical (unpaired) electrons. The third-order valence-corrected chi connectivity index (χ3v) is 4.95. The molecule has 1 aromatic carbocycles. The summed E-state index contributed by atoms with van der Waals surface area (Å²) >= 11 is 0. The highest BCUT2D eigenvalue weighted by Crippen LogP contribution is 2.51. The number of halogens is 5. The second-order valence-electron chi connectivity index (χ2n) is 7.02. The lowest BCUT2D eigenvalue weighted by molar-refractivity contribution is -0.145. The molecule has 0 aliphatic carbocycles. The Labute approximate surface area is 173 Å². The Kier molecular flexibility index (Phi) is 5.67. The van der Waals surface area contributed by atoms with E-state index in [1.165, 1.54) is 13.0 Å². The van der Waals surface area contributed by atoms with Crippen LogP contribution in [0.4, 0.5) is 27.6 Å². The van der Waals surface area contributed by atoms with E-state index in [0.29, 0.717) is 17.7 Å². The average Bonchev–Trinajstić information content (AvgIpc) is 2.70. The molecule has 1 amide bonds. The number of anilines is 1. The number of alkyl halides is 4. The van der Waals surface area contributed by atoms with Gasteiger partial charge < -0.3 is 11.1 Å². The molecule has 1 aliphatic heterocycles. The molecule has 11 heteroatoms. The van der Waals surface area contributed by atoms with E-state index in [2.05, 4.69) is 15.3 Å². The summed E-state index contributed by atoms with van der Waals surface area (Å²) in [5.41, 5.74) is 1.10. The van der Waals surface area contributed by atoms with E-state index < -0.39 is 53.9 Å². The van der Waals surface area contributed by atoms with Gasteiger partial charge in [-0.2, -0.15) is 5.26 Å². The molecule has 3 N–H and O–H groups in total. The summed E-state index contributed by atoms with van der Waals surface area (Å²) in [6.45, 7) is 1.52. The predicted molar refractivity (Wildman–Crippen MR) is 102 cm³/mol. The molecule has 0 saturated carbocycles. The summed E-state index contributed by atoms with van der Waals surface area (Å²) in [5, 5.41) is 11.2. The Hall–Kier alpha value is -3.55. The first-order chi connectivity index (χ1) is 14.5. The molecule has 31 heavy (non-hydrogen) atoms. The number of benzene rings is 1. The van der Waals surface area contributed by atoms with Crippen LogP contribution in [0.15, 0.2) is 35.5 Å². The minimum absolute atomic E-state index is 0.0845. The molecule has 0 spiro atoms. The minimum atomic E-state index is -4.08. The van der Waals surface area contributed by atoms with E-state index in [9.17, 15) is 26.7 Å². The average molecular weight is 437 g/mol. The van der Waals surface area contributed by atoms with Crippen LogP contribution in [-0.4, -0.2) is 29.1 Å². The number of hydrogen-bond acceptors (Lipinski definition) is 5. The fourth-order valence-electron chi connectivity index (χ4n) is 3.38. The molecule has 2 heterocycles. The lowest BCUT2D eigenvalue weighted by atomic mass is 9.79. The van der Waals surface area contributed by atoms with Gasteiger partial charge in [-0.1, -0.05) is 0 Å². The highest BCUT2D eigenvalue weighted by molar-refractivity contribution is 6.03. The van der Waals surface area contributed by atoms with E-state index in [0.717, 1.165) is 12.3 Å². The van der Waals surface area contributed by atoms with E-state index in [1.54, 1.807) is 0 Å². The lowest BCUT2D eigenvalue weighted by Crippen LogP contribution is -2.54. The molecule has 162 valence electrons. The third kappa shape index (κ3) is 3.81. The quantitative estimate of drug-likeness (QED) is 0.708. The van der Waals surface area contributed by atoms with Gasteiger partial charge in [0.15, 0.2) is 0 Å². The number of hydrogen-bond donors (Lipinski definition) is 2. The number of aromatic nitrogens is 1. The Morgan fingerprint density at radius 1 is 1.32 bits per heavy atom. The number of pyridine rings is 1. The molecular weight excluding hydrogens is 421 g/mol. The first kappa shape index (κ1) is 22.1. The van der Waals surface area contributed by atoms with Crippen LogP contribution in [0, 0.1) is 24.1 Å². The van der Waals surface area contributed by atoms with Crippen molar-refractivity contribution in [3.8, 4) is 6.07 Å². The maximum absolute atomic E-state index is 14.7. The van der Waals surface area contributed by atoms with Crippen molar-refractivity contribution in [1.82, 2.24) is 4.98 Å². The van der Waals surface area contributed by atoms with Gasteiger partial charge in [-0.3, -0.25) is 4.79 Å². The van der Waals surface area contributed by atoms with E-state index >= 15 is 0 Å². The zero-order chi connectivity index (χ0) is 23.0. The Bertz CT molecular complexity index is 1110. The number of nitrogens with one attached hydrogen (secondary N) is 1. The second-order valence-corrected chi connectivity index (χ2v) is 7.02. The monoisotopic (exact) mass is 437 g/mol. The maximum atomic E-state index is 14.7. The smallest absolute Gasteiger partial charge is 0.283 e. The van der Waals surface area contributed by atoms with Crippen molar-refractivity contribution in [2.24, 2.45) is 10.7 Å². The predicted octanol–water partition coefficient (Wildman–Crippen LogP) is 3.90. The number of aliphatic imine (C=N–C) groups is 1. The largest absolute Gasteiger partial charge is 0.387 e. The molecule has 2 aromatic rings. The van der Waals surface area contributed by atoms with E-state index in [1.807, 2.05) is 6.07 Å². The van der Waals surface area contributed by atoms with E-state index in [-0.39, 0.29) is 16.9 Å². The number of nitrogens with two attached hydrogens (primary N) is 1. The van der Waals surface area contributed by atoms with Crippen molar-refractivity contribution in [3.63, 3.8) is 0 Å². The number of amides is 1. The van der Waals surface area contributed by atoms with Crippen molar-refractivity contribution < 1.29 is 26.7 Å². The molecule has 0 bridgehead atoms. The second kappa shape index (κ2) is 7.94. The van der Waals surface area contributed by atoms with Crippen LogP contribution in [0.5, 0.6) is 0 Å². The highest BCUT2D eigenvalue weighted by Gasteiger charge is 2.63. The van der Waals surface area contributed by atoms with Gasteiger partial charge in [0.05, 0.1) is 11.4 Å². The summed E-state index contributed by atoms with van der Waals surface area (Å²) in [6, 6.07) is 5.67. The molecular formula is C20H16F5N5O. The fourth-order valence-corrected chi connectivity index (χ4v) is 3.38. The number of carbonyl (C=O) groups excluding carboxylic acids is 1. The summed E-state index contributed by atoms with van der Waals surface area (Å²) < 4.78 is 71.8. The van der Waals surface area contributed by atoms with Crippen LogP contribution in [0.25, 0.3) is 0 Å². The number of nitrogens with zero attached hydrogens (tertiary/aromatic N) is 3. The number of amidine groups is 1. The molecule has 3 rings (SSSR count). The van der Waals surface area contributed by atoms with Gasteiger partial charge in [-0.25, -0.2) is 31.9 Å². The first-order valence-electron chi connectivity index (χ1n) is 9.00. The topological polar surface area (TPSA) is 104 Å². The molecule has 0 saturated heterocycles. The van der Waals surface area contributed by atoms with Crippen molar-refractivity contribution in [2.45, 2.75) is 37.7 Å². The SMILES string of the molecule is Cc1cc(C#N)cnc1C(=O)Nc1ccc(F)c([C@@]2(C(F)F)N=C(N)CCC2(F)F)c1. The van der Waals surface area contributed by atoms with Crippen LogP contribution in [0.3, 0.4) is 0 Å². The van der Waals surface area contributed by atoms with Gasteiger partial charge in [0.1, 0.15) is 17.6 Å². The summed E-state index contributed by atoms with van der Waals surface area (Å²) in [6.07, 6.45) is -4.06. The summed E-state index contributed by atoms with van der Waals surface area (Å²) in [5.74, 6) is -6.68. The third-order valence-electron chi connectivity index (χ3n) is 4.95. The normalized spacial score (nSPS) is 20.1. The zero-order valence-electron chi connectivity index (χ0n) is 16.1. The number of nitriles is 1. The van der Waals surface area contributed by atoms with Crippen LogP contribution in [0.2, 0.25) is 0 Å². The van der Waals surface area contributed by atoms with Crippen molar-refractivity contribution >= 4 is 17.4 Å². The zero-order valence-corrected chi connectivity index (χ0v) is 16.1. The summed E-state index contributed by atoms with van der Waals surface area (Å²) in [4.78, 5) is 19.7.